The summed E-state index contributed by atoms with van der Waals surface area (Å²) in [5, 5.41) is 18.7. The molecule has 3 aromatic rings. The topological polar surface area (TPSA) is 125 Å². The number of nitriles is 1. The van der Waals surface area contributed by atoms with Crippen LogP contribution in [0.2, 0.25) is 10.0 Å². The molecule has 174 valence electrons. The second kappa shape index (κ2) is 9.85. The fourth-order valence-electron chi connectivity index (χ4n) is 3.93. The number of nitrogens with one attached hydrogen (secondary N) is 1. The minimum absolute atomic E-state index is 0.0142. The van der Waals surface area contributed by atoms with E-state index >= 15 is 0 Å². The van der Waals surface area contributed by atoms with E-state index in [1.165, 1.54) is 18.5 Å². The highest BCUT2D eigenvalue weighted by molar-refractivity contribution is 6.35. The Bertz CT molecular complexity index is 1280. The van der Waals surface area contributed by atoms with E-state index in [1.54, 1.807) is 12.1 Å². The molecule has 5 N–H and O–H groups in total. The second-order valence-electron chi connectivity index (χ2n) is 7.84. The Hall–Kier alpha value is -3.38. The van der Waals surface area contributed by atoms with Gasteiger partial charge >= 0.3 is 0 Å². The molecule has 2 aromatic carbocycles. The maximum atomic E-state index is 14.7. The summed E-state index contributed by atoms with van der Waals surface area (Å²) in [7, 11) is 0. The van der Waals surface area contributed by atoms with Crippen LogP contribution in [-0.4, -0.2) is 23.8 Å². The van der Waals surface area contributed by atoms with E-state index < -0.39 is 12.0 Å². The maximum absolute atomic E-state index is 14.7. The molecule has 1 saturated heterocycles. The average molecular weight is 499 g/mol. The first-order valence-corrected chi connectivity index (χ1v) is 11.2. The summed E-state index contributed by atoms with van der Waals surface area (Å²) < 4.78 is 20.3. The Labute approximate surface area is 206 Å². The molecular weight excluding hydrogens is 478 g/mol. The Balaban J connectivity index is 1.65. The highest BCUT2D eigenvalue weighted by Gasteiger charge is 2.22. The number of aromatic nitrogens is 1. The van der Waals surface area contributed by atoms with Gasteiger partial charge in [0.1, 0.15) is 6.07 Å². The van der Waals surface area contributed by atoms with E-state index in [2.05, 4.69) is 16.0 Å². The lowest BCUT2D eigenvalue weighted by atomic mass is 9.98. The zero-order chi connectivity index (χ0) is 24.4. The molecule has 1 aliphatic heterocycles. The van der Waals surface area contributed by atoms with Gasteiger partial charge in [-0.2, -0.15) is 5.26 Å². The quantitative estimate of drug-likeness (QED) is 0.248. The number of hydrogen-bond acceptors (Lipinski definition) is 7. The van der Waals surface area contributed by atoms with Gasteiger partial charge in [0.15, 0.2) is 17.8 Å². The summed E-state index contributed by atoms with van der Waals surface area (Å²) in [6.07, 6.45) is 3.67. The normalized spacial score (nSPS) is 14.0. The van der Waals surface area contributed by atoms with Crippen molar-refractivity contribution in [2.75, 3.05) is 23.7 Å². The van der Waals surface area contributed by atoms with Gasteiger partial charge in [-0.3, -0.25) is 16.1 Å². The molecule has 0 aliphatic carbocycles. The predicted octanol–water partition coefficient (Wildman–Crippen LogP) is 5.03. The Morgan fingerprint density at radius 3 is 2.50 bits per heavy atom. The van der Waals surface area contributed by atoms with Crippen LogP contribution in [0, 0.1) is 22.6 Å². The first-order valence-electron chi connectivity index (χ1n) is 10.5. The molecule has 2 heterocycles. The Kier molecular flexibility index (Phi) is 6.89. The summed E-state index contributed by atoms with van der Waals surface area (Å²) in [4.78, 5) is 6.01. The number of pyridine rings is 1. The predicted molar refractivity (Wildman–Crippen MR) is 131 cm³/mol. The van der Waals surface area contributed by atoms with Crippen molar-refractivity contribution in [1.29, 1.82) is 10.7 Å². The van der Waals surface area contributed by atoms with Crippen molar-refractivity contribution in [1.82, 2.24) is 4.98 Å². The van der Waals surface area contributed by atoms with Crippen LogP contribution in [0.25, 0.3) is 0 Å². The molecule has 10 heteroatoms. The Morgan fingerprint density at radius 1 is 1.18 bits per heavy atom. The number of nitrogen functional groups attached to an aromatic ring is 1. The molecule has 0 saturated carbocycles. The first-order chi connectivity index (χ1) is 16.3. The van der Waals surface area contributed by atoms with Gasteiger partial charge in [-0.05, 0) is 31.0 Å². The molecule has 7 nitrogen and oxygen atoms in total. The van der Waals surface area contributed by atoms with Gasteiger partial charge in [0.2, 0.25) is 0 Å². The molecule has 0 spiro atoms. The van der Waals surface area contributed by atoms with Crippen LogP contribution in [0.5, 0.6) is 5.75 Å². The van der Waals surface area contributed by atoms with Crippen molar-refractivity contribution in [3.63, 3.8) is 0 Å². The zero-order valence-electron chi connectivity index (χ0n) is 18.0. The van der Waals surface area contributed by atoms with E-state index in [0.717, 1.165) is 37.7 Å². The molecule has 1 fully saturated rings. The molecule has 0 radical (unpaired) electrons. The molecule has 0 unspecified atom stereocenters. The van der Waals surface area contributed by atoms with Gasteiger partial charge in [-0.25, -0.2) is 4.39 Å². The summed E-state index contributed by atoms with van der Waals surface area (Å²) in [5.74, 6) is -0.979. The van der Waals surface area contributed by atoms with Gasteiger partial charge in [-0.15, -0.1) is 0 Å². The fourth-order valence-corrected chi connectivity index (χ4v) is 4.51. The number of nitrogens with zero attached hydrogens (tertiary/aromatic N) is 3. The smallest absolute Gasteiger partial charge is 0.177 e. The van der Waals surface area contributed by atoms with Crippen molar-refractivity contribution in [3.8, 4) is 11.8 Å². The van der Waals surface area contributed by atoms with E-state index in [1.807, 2.05) is 6.07 Å². The summed E-state index contributed by atoms with van der Waals surface area (Å²) in [6, 6.07) is 9.79. The van der Waals surface area contributed by atoms with Crippen LogP contribution in [0.15, 0.2) is 42.7 Å². The monoisotopic (exact) mass is 498 g/mol. The first kappa shape index (κ1) is 23.8. The van der Waals surface area contributed by atoms with Crippen LogP contribution in [-0.2, 0) is 0 Å². The van der Waals surface area contributed by atoms with E-state index in [0.29, 0.717) is 11.1 Å². The minimum atomic E-state index is -1.19. The van der Waals surface area contributed by atoms with Crippen molar-refractivity contribution in [3.05, 3.63) is 80.8 Å². The van der Waals surface area contributed by atoms with Gasteiger partial charge in [0, 0.05) is 53.9 Å². The number of benzene rings is 2. The number of anilines is 2. The molecule has 1 aliphatic rings. The van der Waals surface area contributed by atoms with E-state index in [4.69, 9.17) is 44.8 Å². The van der Waals surface area contributed by atoms with Crippen LogP contribution in [0.3, 0.4) is 0 Å². The van der Waals surface area contributed by atoms with Gasteiger partial charge in [0.25, 0.3) is 0 Å². The molecule has 0 bridgehead atoms. The van der Waals surface area contributed by atoms with E-state index in [-0.39, 0.29) is 38.3 Å². The van der Waals surface area contributed by atoms with E-state index in [9.17, 15) is 9.65 Å². The van der Waals surface area contributed by atoms with Crippen LogP contribution >= 0.6 is 23.2 Å². The van der Waals surface area contributed by atoms with Gasteiger partial charge < -0.3 is 15.4 Å². The second-order valence-corrected chi connectivity index (χ2v) is 8.65. The third-order valence-electron chi connectivity index (χ3n) is 5.65. The number of hydrogen-bond donors (Lipinski definition) is 3. The van der Waals surface area contributed by atoms with Crippen molar-refractivity contribution >= 4 is 40.3 Å². The minimum Gasteiger partial charge on any atom is -0.468 e. The maximum Gasteiger partial charge on any atom is 0.177 e. The largest absolute Gasteiger partial charge is 0.468 e. The lowest BCUT2D eigenvalue weighted by Crippen LogP contribution is -2.20. The molecule has 34 heavy (non-hydrogen) atoms. The SMILES string of the molecule is N#Cc1cc(C(=N)c2cc(O[C@H](N)c3c(Cl)cncc3Cl)c(F)cc2N)ccc1N1CCCC1. The van der Waals surface area contributed by atoms with Crippen molar-refractivity contribution < 1.29 is 9.13 Å². The zero-order valence-corrected chi connectivity index (χ0v) is 19.5. The standard InChI is InChI=1S/C24H21Cl2FN6O/c25-16-11-32-12-17(26)22(16)24(31)34-21-8-15(19(29)9-18(21)27)23(30)13-3-4-20(14(7-13)10-28)33-5-1-2-6-33/h3-4,7-9,11-12,24,30H,1-2,5-6,29,31H2/t24-/m0/s1. The summed E-state index contributed by atoms with van der Waals surface area (Å²) >= 11 is 12.2. The highest BCUT2D eigenvalue weighted by Crippen LogP contribution is 2.33. The van der Waals surface area contributed by atoms with Crippen LogP contribution < -0.4 is 21.1 Å². The molecule has 0 amide bonds. The van der Waals surface area contributed by atoms with Gasteiger partial charge in [0.05, 0.1) is 27.0 Å². The van der Waals surface area contributed by atoms with Gasteiger partial charge in [-0.1, -0.05) is 29.3 Å². The van der Waals surface area contributed by atoms with Crippen molar-refractivity contribution in [2.45, 2.75) is 19.1 Å². The highest BCUT2D eigenvalue weighted by atomic mass is 35.5. The lowest BCUT2D eigenvalue weighted by molar-refractivity contribution is 0.204. The number of ether oxygens (including phenoxy) is 1. The van der Waals surface area contributed by atoms with Crippen molar-refractivity contribution in [2.24, 2.45) is 5.73 Å². The van der Waals surface area contributed by atoms with Crippen LogP contribution in [0.1, 0.15) is 41.3 Å². The molecule has 1 atom stereocenters. The summed E-state index contributed by atoms with van der Waals surface area (Å²) in [5.41, 5.74) is 14.4. The fraction of sp³-hybridized carbons (Fsp3) is 0.208. The summed E-state index contributed by atoms with van der Waals surface area (Å²) in [6.45, 7) is 1.78. The number of rotatable bonds is 6. The number of nitrogens with two attached hydrogens (primary N) is 2. The van der Waals surface area contributed by atoms with Crippen LogP contribution in [0.4, 0.5) is 15.8 Å². The Morgan fingerprint density at radius 2 is 1.85 bits per heavy atom. The molecule has 1 aromatic heterocycles. The lowest BCUT2D eigenvalue weighted by Gasteiger charge is -2.20. The molecule has 4 rings (SSSR count). The molecular formula is C24H21Cl2FN6O. The third-order valence-corrected chi connectivity index (χ3v) is 6.26. The number of halogens is 3. The average Bonchev–Trinajstić information content (AvgIpc) is 3.34. The third kappa shape index (κ3) is 4.64.